The third-order valence-corrected chi connectivity index (χ3v) is 2.78. The molecule has 1 rings (SSSR count). The predicted molar refractivity (Wildman–Crippen MR) is 61.1 cm³/mol. The summed E-state index contributed by atoms with van der Waals surface area (Å²) in [5.74, 6) is -0.448. The van der Waals surface area contributed by atoms with E-state index in [1.165, 1.54) is 18.2 Å². The van der Waals surface area contributed by atoms with Gasteiger partial charge in [0.05, 0.1) is 0 Å². The zero-order chi connectivity index (χ0) is 13.1. The molecule has 2 N–H and O–H groups in total. The highest BCUT2D eigenvalue weighted by molar-refractivity contribution is 9.10. The molecule has 0 aromatic heterocycles. The summed E-state index contributed by atoms with van der Waals surface area (Å²) in [7, 11) is 0. The predicted octanol–water partition coefficient (Wildman–Crippen LogP) is 3.80. The molecule has 0 aliphatic carbocycles. The maximum absolute atomic E-state index is 13.3. The van der Waals surface area contributed by atoms with Crippen LogP contribution in [0.15, 0.2) is 22.7 Å². The molecular weight excluding hydrogens is 302 g/mol. The molecule has 0 saturated heterocycles. The average Bonchev–Trinajstić information content (AvgIpc) is 2.20. The summed E-state index contributed by atoms with van der Waals surface area (Å²) in [6.45, 7) is 0. The minimum atomic E-state index is -4.21. The molecule has 96 valence electrons. The van der Waals surface area contributed by atoms with E-state index in [0.29, 0.717) is 10.0 Å². The Balaban J connectivity index is 2.56. The van der Waals surface area contributed by atoms with Crippen LogP contribution in [0.4, 0.5) is 17.6 Å². The second-order valence-corrected chi connectivity index (χ2v) is 4.77. The summed E-state index contributed by atoms with van der Waals surface area (Å²) in [5.41, 5.74) is 5.88. The third kappa shape index (κ3) is 5.50. The van der Waals surface area contributed by atoms with Crippen molar-refractivity contribution in [2.45, 2.75) is 31.5 Å². The van der Waals surface area contributed by atoms with Crippen molar-refractivity contribution in [3.05, 3.63) is 34.1 Å². The summed E-state index contributed by atoms with van der Waals surface area (Å²) in [6.07, 6.45) is -5.26. The fourth-order valence-corrected chi connectivity index (χ4v) is 1.84. The second kappa shape index (κ2) is 5.82. The van der Waals surface area contributed by atoms with E-state index in [-0.39, 0.29) is 12.8 Å². The Morgan fingerprint density at radius 3 is 2.53 bits per heavy atom. The van der Waals surface area contributed by atoms with Gasteiger partial charge in [-0.25, -0.2) is 4.39 Å². The maximum Gasteiger partial charge on any atom is 0.389 e. The van der Waals surface area contributed by atoms with Gasteiger partial charge in [0, 0.05) is 16.9 Å². The third-order valence-electron chi connectivity index (χ3n) is 2.29. The van der Waals surface area contributed by atoms with Crippen LogP contribution in [0, 0.1) is 5.82 Å². The van der Waals surface area contributed by atoms with Gasteiger partial charge in [-0.2, -0.15) is 13.2 Å². The van der Waals surface area contributed by atoms with Crippen LogP contribution >= 0.6 is 15.9 Å². The molecule has 1 aromatic carbocycles. The van der Waals surface area contributed by atoms with Gasteiger partial charge in [-0.1, -0.05) is 15.9 Å². The first-order valence-electron chi connectivity index (χ1n) is 5.04. The van der Waals surface area contributed by atoms with Gasteiger partial charge in [-0.15, -0.1) is 0 Å². The molecule has 0 bridgehead atoms. The van der Waals surface area contributed by atoms with E-state index in [1.807, 2.05) is 0 Å². The smallest absolute Gasteiger partial charge is 0.327 e. The topological polar surface area (TPSA) is 26.0 Å². The van der Waals surface area contributed by atoms with Crippen molar-refractivity contribution in [2.24, 2.45) is 5.73 Å². The molecule has 6 heteroatoms. The zero-order valence-corrected chi connectivity index (χ0v) is 10.5. The number of benzene rings is 1. The molecule has 0 aliphatic rings. The number of rotatable bonds is 4. The lowest BCUT2D eigenvalue weighted by Crippen LogP contribution is -2.25. The Bertz CT molecular complexity index is 378. The lowest BCUT2D eigenvalue weighted by molar-refractivity contribution is -0.136. The summed E-state index contributed by atoms with van der Waals surface area (Å²) in [4.78, 5) is 0. The fraction of sp³-hybridized carbons (Fsp3) is 0.455. The zero-order valence-electron chi connectivity index (χ0n) is 8.90. The molecule has 0 amide bonds. The lowest BCUT2D eigenvalue weighted by atomic mass is 10.0. The highest BCUT2D eigenvalue weighted by Gasteiger charge is 2.27. The van der Waals surface area contributed by atoms with Crippen molar-refractivity contribution in [3.63, 3.8) is 0 Å². The van der Waals surface area contributed by atoms with Crippen LogP contribution in [-0.2, 0) is 6.42 Å². The van der Waals surface area contributed by atoms with Crippen molar-refractivity contribution in [1.82, 2.24) is 0 Å². The van der Waals surface area contributed by atoms with Gasteiger partial charge in [0.15, 0.2) is 0 Å². The van der Waals surface area contributed by atoms with E-state index >= 15 is 0 Å². The Hall–Kier alpha value is -0.620. The Morgan fingerprint density at radius 1 is 1.29 bits per heavy atom. The van der Waals surface area contributed by atoms with E-state index in [9.17, 15) is 17.6 Å². The van der Waals surface area contributed by atoms with E-state index in [4.69, 9.17) is 5.73 Å². The number of alkyl halides is 3. The molecule has 0 spiro atoms. The normalized spacial score (nSPS) is 13.8. The van der Waals surface area contributed by atoms with Crippen molar-refractivity contribution in [1.29, 1.82) is 0 Å². The molecular formula is C11H12BrF4N. The second-order valence-electron chi connectivity index (χ2n) is 3.85. The highest BCUT2D eigenvalue weighted by atomic mass is 79.9. The van der Waals surface area contributed by atoms with E-state index in [0.717, 1.165) is 0 Å². The molecule has 0 radical (unpaired) electrons. The van der Waals surface area contributed by atoms with Crippen LogP contribution in [0.5, 0.6) is 0 Å². The standard InChI is InChI=1S/C11H12BrF4N/c12-8-1-2-10(13)7(5-8)6-9(17)3-4-11(14,15)16/h1-2,5,9H,3-4,6,17H2. The largest absolute Gasteiger partial charge is 0.389 e. The van der Waals surface area contributed by atoms with Gasteiger partial charge in [-0.05, 0) is 36.6 Å². The molecule has 0 fully saturated rings. The SMILES string of the molecule is NC(CCC(F)(F)F)Cc1cc(Br)ccc1F. The summed E-state index contributed by atoms with van der Waals surface area (Å²) in [5, 5.41) is 0. The first kappa shape index (κ1) is 14.4. The van der Waals surface area contributed by atoms with E-state index < -0.39 is 24.5 Å². The quantitative estimate of drug-likeness (QED) is 0.841. The van der Waals surface area contributed by atoms with Gasteiger partial charge in [-0.3, -0.25) is 0 Å². The molecule has 1 aromatic rings. The molecule has 0 saturated carbocycles. The monoisotopic (exact) mass is 313 g/mol. The minimum Gasteiger partial charge on any atom is -0.327 e. The minimum absolute atomic E-state index is 0.0986. The molecule has 1 nitrogen and oxygen atoms in total. The summed E-state index contributed by atoms with van der Waals surface area (Å²) < 4.78 is 49.9. The van der Waals surface area contributed by atoms with E-state index in [1.54, 1.807) is 0 Å². The first-order valence-corrected chi connectivity index (χ1v) is 5.83. The molecule has 0 heterocycles. The van der Waals surface area contributed by atoms with Crippen LogP contribution < -0.4 is 5.73 Å². The van der Waals surface area contributed by atoms with Crippen molar-refractivity contribution in [3.8, 4) is 0 Å². The molecule has 17 heavy (non-hydrogen) atoms. The molecule has 1 atom stereocenters. The number of hydrogen-bond acceptors (Lipinski definition) is 1. The van der Waals surface area contributed by atoms with E-state index in [2.05, 4.69) is 15.9 Å². The molecule has 1 unspecified atom stereocenters. The number of hydrogen-bond donors (Lipinski definition) is 1. The average molecular weight is 314 g/mol. The van der Waals surface area contributed by atoms with Gasteiger partial charge < -0.3 is 5.73 Å². The number of nitrogens with two attached hydrogens (primary N) is 1. The van der Waals surface area contributed by atoms with Crippen molar-refractivity contribution >= 4 is 15.9 Å². The van der Waals surface area contributed by atoms with Gasteiger partial charge >= 0.3 is 6.18 Å². The molecule has 0 aliphatic heterocycles. The Kier molecular flexibility index (Phi) is 4.94. The van der Waals surface area contributed by atoms with Gasteiger partial charge in [0.1, 0.15) is 5.82 Å². The maximum atomic E-state index is 13.3. The van der Waals surface area contributed by atoms with Crippen molar-refractivity contribution in [2.75, 3.05) is 0 Å². The number of halogens is 5. The fourth-order valence-electron chi connectivity index (χ4n) is 1.43. The highest BCUT2D eigenvalue weighted by Crippen LogP contribution is 2.23. The Labute approximate surface area is 105 Å². The first-order chi connectivity index (χ1) is 7.78. The summed E-state index contributed by atoms with van der Waals surface area (Å²) >= 11 is 3.17. The van der Waals surface area contributed by atoms with Crippen LogP contribution in [0.1, 0.15) is 18.4 Å². The Morgan fingerprint density at radius 2 is 1.94 bits per heavy atom. The van der Waals surface area contributed by atoms with Crippen LogP contribution in [0.3, 0.4) is 0 Å². The lowest BCUT2D eigenvalue weighted by Gasteiger charge is -2.13. The van der Waals surface area contributed by atoms with Crippen LogP contribution in [0.2, 0.25) is 0 Å². The summed E-state index contributed by atoms with van der Waals surface area (Å²) in [6, 6.07) is 3.62. The van der Waals surface area contributed by atoms with Gasteiger partial charge in [0.2, 0.25) is 0 Å². The van der Waals surface area contributed by atoms with Crippen molar-refractivity contribution < 1.29 is 17.6 Å². The van der Waals surface area contributed by atoms with Gasteiger partial charge in [0.25, 0.3) is 0 Å². The van der Waals surface area contributed by atoms with Crippen LogP contribution in [0.25, 0.3) is 0 Å². The van der Waals surface area contributed by atoms with Crippen LogP contribution in [-0.4, -0.2) is 12.2 Å².